The maximum atomic E-state index is 2.29. The molecular formula is C12H22. The summed E-state index contributed by atoms with van der Waals surface area (Å²) in [4.78, 5) is 0. The third-order valence-corrected chi connectivity index (χ3v) is 2.21. The first kappa shape index (κ1) is 11.5. The molecule has 0 aromatic rings. The van der Waals surface area contributed by atoms with Crippen molar-refractivity contribution in [1.29, 1.82) is 0 Å². The smallest absolute Gasteiger partial charge is 0.0320 e. The van der Waals surface area contributed by atoms with Crippen LogP contribution in [0.2, 0.25) is 0 Å². The van der Waals surface area contributed by atoms with Crippen molar-refractivity contribution in [3.63, 3.8) is 0 Å². The van der Waals surface area contributed by atoms with Crippen LogP contribution in [-0.2, 0) is 0 Å². The summed E-state index contributed by atoms with van der Waals surface area (Å²) in [5, 5.41) is 0. The van der Waals surface area contributed by atoms with Crippen molar-refractivity contribution in [3.8, 4) is 0 Å². The highest BCUT2D eigenvalue weighted by molar-refractivity contribution is 5.10. The van der Waals surface area contributed by atoms with Gasteiger partial charge in [0.2, 0.25) is 0 Å². The monoisotopic (exact) mass is 166 g/mol. The van der Waals surface area contributed by atoms with Gasteiger partial charge in [0.15, 0.2) is 0 Å². The van der Waals surface area contributed by atoms with Crippen molar-refractivity contribution in [1.82, 2.24) is 0 Å². The summed E-state index contributed by atoms with van der Waals surface area (Å²) in [5.41, 5.74) is 1.53. The Morgan fingerprint density at radius 2 is 1.83 bits per heavy atom. The van der Waals surface area contributed by atoms with E-state index in [1.165, 1.54) is 44.1 Å². The van der Waals surface area contributed by atoms with Crippen molar-refractivity contribution in [2.45, 2.75) is 52.9 Å². The van der Waals surface area contributed by atoms with Crippen LogP contribution in [0.4, 0.5) is 0 Å². The van der Waals surface area contributed by atoms with E-state index in [0.29, 0.717) is 0 Å². The molecule has 1 aliphatic rings. The Labute approximate surface area is 77.4 Å². The zero-order valence-corrected chi connectivity index (χ0v) is 7.47. The zero-order valence-electron chi connectivity index (χ0n) is 7.47. The van der Waals surface area contributed by atoms with E-state index in [1.807, 2.05) is 0 Å². The van der Waals surface area contributed by atoms with Crippen LogP contribution in [0.15, 0.2) is 23.8 Å². The van der Waals surface area contributed by atoms with E-state index >= 15 is 0 Å². The van der Waals surface area contributed by atoms with Gasteiger partial charge >= 0.3 is 0 Å². The predicted molar refractivity (Wildman–Crippen MR) is 57.3 cm³/mol. The van der Waals surface area contributed by atoms with Crippen molar-refractivity contribution < 1.29 is 0 Å². The van der Waals surface area contributed by atoms with Gasteiger partial charge in [-0.3, -0.25) is 0 Å². The molecule has 0 unspecified atom stereocenters. The van der Waals surface area contributed by atoms with Gasteiger partial charge in [0.1, 0.15) is 0 Å². The fraction of sp³-hybridized carbons (Fsp3) is 0.667. The summed E-state index contributed by atoms with van der Waals surface area (Å²) < 4.78 is 0. The third-order valence-electron chi connectivity index (χ3n) is 2.21. The molecule has 0 amide bonds. The van der Waals surface area contributed by atoms with Crippen molar-refractivity contribution in [2.75, 3.05) is 0 Å². The first-order valence-corrected chi connectivity index (χ1v) is 4.72. The van der Waals surface area contributed by atoms with Crippen molar-refractivity contribution in [3.05, 3.63) is 23.8 Å². The summed E-state index contributed by atoms with van der Waals surface area (Å²) in [6, 6.07) is 0. The number of hydrogen-bond acceptors (Lipinski definition) is 0. The maximum Gasteiger partial charge on any atom is -0.0320 e. The van der Waals surface area contributed by atoms with E-state index in [-0.39, 0.29) is 7.43 Å². The Kier molecular flexibility index (Phi) is 6.84. The second-order valence-corrected chi connectivity index (χ2v) is 3.39. The molecule has 0 heterocycles. The summed E-state index contributed by atoms with van der Waals surface area (Å²) in [7, 11) is 0. The van der Waals surface area contributed by atoms with Crippen molar-refractivity contribution in [2.24, 2.45) is 0 Å². The molecular weight excluding hydrogens is 144 g/mol. The first-order chi connectivity index (χ1) is 5.39. The Hall–Kier alpha value is -0.520. The molecule has 0 radical (unpaired) electrons. The molecule has 1 rings (SSSR count). The molecule has 70 valence electrons. The van der Waals surface area contributed by atoms with Gasteiger partial charge in [-0.25, -0.2) is 0 Å². The second-order valence-electron chi connectivity index (χ2n) is 3.39. The fourth-order valence-corrected chi connectivity index (χ4v) is 1.43. The predicted octanol–water partition coefficient (Wildman–Crippen LogP) is 4.48. The van der Waals surface area contributed by atoms with Crippen LogP contribution in [0.25, 0.3) is 0 Å². The van der Waals surface area contributed by atoms with Gasteiger partial charge in [-0.2, -0.15) is 0 Å². The SMILES string of the molecule is C.C/C1=C/C=C\CCCCCC1. The van der Waals surface area contributed by atoms with E-state index in [2.05, 4.69) is 25.2 Å². The van der Waals surface area contributed by atoms with E-state index in [9.17, 15) is 0 Å². The topological polar surface area (TPSA) is 0 Å². The number of allylic oxidation sites excluding steroid dienone is 4. The summed E-state index contributed by atoms with van der Waals surface area (Å²) in [6.07, 6.45) is 14.9. The molecule has 1 aliphatic carbocycles. The second kappa shape index (κ2) is 7.15. The number of rotatable bonds is 0. The zero-order chi connectivity index (χ0) is 7.94. The van der Waals surface area contributed by atoms with Gasteiger partial charge in [0.05, 0.1) is 0 Å². The Morgan fingerprint density at radius 1 is 1.08 bits per heavy atom. The molecule has 0 saturated heterocycles. The van der Waals surface area contributed by atoms with Gasteiger partial charge < -0.3 is 0 Å². The molecule has 0 bridgehead atoms. The van der Waals surface area contributed by atoms with Crippen LogP contribution in [0.3, 0.4) is 0 Å². The largest absolute Gasteiger partial charge is 0.0845 e. The average molecular weight is 166 g/mol. The van der Waals surface area contributed by atoms with E-state index in [1.54, 1.807) is 0 Å². The molecule has 0 atom stereocenters. The van der Waals surface area contributed by atoms with Gasteiger partial charge in [0, 0.05) is 0 Å². The van der Waals surface area contributed by atoms with Crippen LogP contribution in [-0.4, -0.2) is 0 Å². The van der Waals surface area contributed by atoms with Gasteiger partial charge in [-0.05, 0) is 32.6 Å². The molecule has 0 aliphatic heterocycles. The Bertz CT molecular complexity index is 151. The van der Waals surface area contributed by atoms with Crippen LogP contribution >= 0.6 is 0 Å². The number of hydrogen-bond donors (Lipinski definition) is 0. The molecule has 0 saturated carbocycles. The fourth-order valence-electron chi connectivity index (χ4n) is 1.43. The summed E-state index contributed by atoms with van der Waals surface area (Å²) in [6.45, 7) is 2.23. The van der Waals surface area contributed by atoms with Crippen LogP contribution < -0.4 is 0 Å². The average Bonchev–Trinajstić information content (AvgIpc) is 2.03. The molecule has 0 heteroatoms. The van der Waals surface area contributed by atoms with Crippen LogP contribution in [0, 0.1) is 0 Å². The Morgan fingerprint density at radius 3 is 2.67 bits per heavy atom. The first-order valence-electron chi connectivity index (χ1n) is 4.72. The highest BCUT2D eigenvalue weighted by Gasteiger charge is 1.92. The minimum Gasteiger partial charge on any atom is -0.0845 e. The van der Waals surface area contributed by atoms with Gasteiger partial charge in [0.25, 0.3) is 0 Å². The normalized spacial score (nSPS) is 26.2. The summed E-state index contributed by atoms with van der Waals surface area (Å²) in [5.74, 6) is 0. The lowest BCUT2D eigenvalue weighted by atomic mass is 10.0. The molecule has 0 nitrogen and oxygen atoms in total. The molecule has 0 fully saturated rings. The highest BCUT2D eigenvalue weighted by Crippen LogP contribution is 2.12. The minimum absolute atomic E-state index is 0. The molecule has 0 aromatic carbocycles. The minimum atomic E-state index is 0. The lowest BCUT2D eigenvalue weighted by molar-refractivity contribution is 0.642. The van der Waals surface area contributed by atoms with Gasteiger partial charge in [-0.15, -0.1) is 0 Å². The van der Waals surface area contributed by atoms with E-state index in [0.717, 1.165) is 0 Å². The lowest BCUT2D eigenvalue weighted by Crippen LogP contribution is -1.82. The highest BCUT2D eigenvalue weighted by atomic mass is 14.0. The third kappa shape index (κ3) is 5.17. The van der Waals surface area contributed by atoms with Crippen LogP contribution in [0.1, 0.15) is 52.9 Å². The maximum absolute atomic E-state index is 2.29. The standard InChI is InChI=1S/C11H18.CH4/c1-11-9-7-5-3-2-4-6-8-10-11;/h5,7,9H,2-4,6,8,10H2,1H3;1H4/b7-5-,11-9-;. The van der Waals surface area contributed by atoms with E-state index < -0.39 is 0 Å². The quantitative estimate of drug-likeness (QED) is 0.497. The Balaban J connectivity index is 0.00000121. The van der Waals surface area contributed by atoms with E-state index in [4.69, 9.17) is 0 Å². The van der Waals surface area contributed by atoms with Gasteiger partial charge in [-0.1, -0.05) is 44.1 Å². The van der Waals surface area contributed by atoms with Crippen LogP contribution in [0.5, 0.6) is 0 Å². The molecule has 0 aromatic heterocycles. The molecule has 0 N–H and O–H groups in total. The molecule has 0 spiro atoms. The molecule has 12 heavy (non-hydrogen) atoms. The lowest BCUT2D eigenvalue weighted by Gasteiger charge is -2.02. The van der Waals surface area contributed by atoms with Crippen molar-refractivity contribution >= 4 is 0 Å². The summed E-state index contributed by atoms with van der Waals surface area (Å²) >= 11 is 0.